The number of nitrogens with zero attached hydrogens (tertiary/aromatic N) is 1. The molecule has 156 valence electrons. The van der Waals surface area contributed by atoms with E-state index in [9.17, 15) is 9.18 Å². The molecule has 0 spiro atoms. The molecular weight excluding hydrogens is 521 g/mol. The van der Waals surface area contributed by atoms with E-state index in [0.717, 1.165) is 4.47 Å². The molecule has 0 atom stereocenters. The normalized spacial score (nSPS) is 15.1. The maximum Gasteiger partial charge on any atom is 0.270 e. The summed E-state index contributed by atoms with van der Waals surface area (Å²) in [5, 5.41) is 0.520. The van der Waals surface area contributed by atoms with Crippen molar-refractivity contribution in [2.75, 3.05) is 4.90 Å². The summed E-state index contributed by atoms with van der Waals surface area (Å²) >= 11 is 16.1. The average Bonchev–Trinajstić information content (AvgIpc) is 3.01. The molecular formula is C23H14BrClFNO2S2. The minimum Gasteiger partial charge on any atom is -0.488 e. The largest absolute Gasteiger partial charge is 0.488 e. The molecule has 1 aliphatic heterocycles. The van der Waals surface area contributed by atoms with Crippen LogP contribution in [-0.4, -0.2) is 10.2 Å². The molecule has 1 amide bonds. The Labute approximate surface area is 202 Å². The number of thiocarbonyl (C=S) groups is 1. The van der Waals surface area contributed by atoms with Crippen molar-refractivity contribution < 1.29 is 13.9 Å². The summed E-state index contributed by atoms with van der Waals surface area (Å²) in [6.45, 7) is 0.0681. The SMILES string of the molecule is O=C1/C(=C\c2cc(Br)ccc2OCc2ccccc2F)SC(=S)N1c1cccc(Cl)c1. The van der Waals surface area contributed by atoms with Crippen LogP contribution in [0.5, 0.6) is 5.75 Å². The van der Waals surface area contributed by atoms with E-state index < -0.39 is 0 Å². The van der Waals surface area contributed by atoms with Crippen LogP contribution in [0.15, 0.2) is 76.1 Å². The summed E-state index contributed by atoms with van der Waals surface area (Å²) in [5.41, 5.74) is 1.74. The van der Waals surface area contributed by atoms with E-state index in [2.05, 4.69) is 15.9 Å². The van der Waals surface area contributed by atoms with Crippen molar-refractivity contribution in [2.45, 2.75) is 6.61 Å². The second-order valence-electron chi connectivity index (χ2n) is 6.56. The van der Waals surface area contributed by atoms with E-state index in [0.29, 0.717) is 36.8 Å². The first-order chi connectivity index (χ1) is 14.9. The lowest BCUT2D eigenvalue weighted by molar-refractivity contribution is -0.113. The average molecular weight is 535 g/mol. The van der Waals surface area contributed by atoms with E-state index in [-0.39, 0.29) is 18.3 Å². The van der Waals surface area contributed by atoms with Crippen LogP contribution in [-0.2, 0) is 11.4 Å². The maximum absolute atomic E-state index is 13.9. The van der Waals surface area contributed by atoms with Crippen molar-refractivity contribution in [2.24, 2.45) is 0 Å². The fraction of sp³-hybridized carbons (Fsp3) is 0.0435. The van der Waals surface area contributed by atoms with Crippen molar-refractivity contribution >= 4 is 73.5 Å². The molecule has 31 heavy (non-hydrogen) atoms. The van der Waals surface area contributed by atoms with Crippen LogP contribution >= 0.6 is 51.5 Å². The van der Waals surface area contributed by atoms with Gasteiger partial charge >= 0.3 is 0 Å². The van der Waals surface area contributed by atoms with Crippen LogP contribution in [0.4, 0.5) is 10.1 Å². The first kappa shape index (κ1) is 22.0. The van der Waals surface area contributed by atoms with Crippen molar-refractivity contribution in [3.8, 4) is 5.75 Å². The van der Waals surface area contributed by atoms with Crippen molar-refractivity contribution in [1.82, 2.24) is 0 Å². The van der Waals surface area contributed by atoms with Gasteiger partial charge in [-0.1, -0.05) is 75.8 Å². The van der Waals surface area contributed by atoms with Crippen LogP contribution in [0.2, 0.25) is 5.02 Å². The topological polar surface area (TPSA) is 29.5 Å². The molecule has 1 fully saturated rings. The third-order valence-corrected chi connectivity index (χ3v) is 6.49. The highest BCUT2D eigenvalue weighted by Gasteiger charge is 2.33. The Morgan fingerprint density at radius 1 is 1.13 bits per heavy atom. The lowest BCUT2D eigenvalue weighted by atomic mass is 10.1. The molecule has 0 bridgehead atoms. The number of rotatable bonds is 5. The van der Waals surface area contributed by atoms with Crippen LogP contribution in [0, 0.1) is 5.82 Å². The van der Waals surface area contributed by atoms with E-state index in [1.54, 1.807) is 54.6 Å². The molecule has 0 N–H and O–H groups in total. The van der Waals surface area contributed by atoms with Crippen molar-refractivity contribution in [1.29, 1.82) is 0 Å². The summed E-state index contributed by atoms with van der Waals surface area (Å²) in [7, 11) is 0. The summed E-state index contributed by atoms with van der Waals surface area (Å²) in [6, 6.07) is 18.9. The third kappa shape index (κ3) is 5.01. The minimum atomic E-state index is -0.330. The van der Waals surface area contributed by atoms with Crippen molar-refractivity contribution in [3.05, 3.63) is 98.1 Å². The van der Waals surface area contributed by atoms with Gasteiger partial charge in [-0.05, 0) is 48.5 Å². The molecule has 3 aromatic rings. The van der Waals surface area contributed by atoms with E-state index in [1.807, 2.05) is 12.1 Å². The Kier molecular flexibility index (Phi) is 6.77. The number of thioether (sulfide) groups is 1. The molecule has 0 radical (unpaired) electrons. The smallest absolute Gasteiger partial charge is 0.270 e. The summed E-state index contributed by atoms with van der Waals surface area (Å²) in [6.07, 6.45) is 1.73. The number of anilines is 1. The summed E-state index contributed by atoms with van der Waals surface area (Å²) in [5.74, 6) is -0.0414. The number of benzene rings is 3. The van der Waals surface area contributed by atoms with Crippen molar-refractivity contribution in [3.63, 3.8) is 0 Å². The Hall–Kier alpha value is -2.19. The van der Waals surface area contributed by atoms with Crippen LogP contribution in [0.25, 0.3) is 6.08 Å². The zero-order chi connectivity index (χ0) is 22.0. The lowest BCUT2D eigenvalue weighted by Crippen LogP contribution is -2.27. The monoisotopic (exact) mass is 533 g/mol. The molecule has 1 aliphatic rings. The highest BCUT2D eigenvalue weighted by molar-refractivity contribution is 9.10. The number of halogens is 3. The molecule has 0 aromatic heterocycles. The highest BCUT2D eigenvalue weighted by atomic mass is 79.9. The van der Waals surface area contributed by atoms with Crippen LogP contribution < -0.4 is 9.64 Å². The minimum absolute atomic E-state index is 0.0681. The fourth-order valence-corrected chi connectivity index (χ4v) is 4.83. The molecule has 3 nitrogen and oxygen atoms in total. The molecule has 1 saturated heterocycles. The summed E-state index contributed by atoms with van der Waals surface area (Å²) < 4.78 is 21.0. The number of hydrogen-bond donors (Lipinski definition) is 0. The molecule has 4 rings (SSSR count). The van der Waals surface area contributed by atoms with Gasteiger partial charge in [0.1, 0.15) is 18.2 Å². The van der Waals surface area contributed by atoms with Crippen LogP contribution in [0.1, 0.15) is 11.1 Å². The standard InChI is InChI=1S/C23H14BrClFNO2S2/c24-16-8-9-20(29-13-14-4-1-2-7-19(14)26)15(10-16)11-21-22(28)27(23(30)31-21)18-6-3-5-17(25)12-18/h1-12H,13H2/b21-11+. The van der Waals surface area contributed by atoms with Gasteiger partial charge in [-0.15, -0.1) is 0 Å². The predicted molar refractivity (Wildman–Crippen MR) is 132 cm³/mol. The molecule has 0 aliphatic carbocycles. The first-order valence-electron chi connectivity index (χ1n) is 9.11. The Bertz CT molecular complexity index is 1220. The number of amides is 1. The van der Waals surface area contributed by atoms with Gasteiger partial charge in [-0.3, -0.25) is 9.69 Å². The number of hydrogen-bond acceptors (Lipinski definition) is 4. The van der Waals surface area contributed by atoms with Gasteiger partial charge in [0.25, 0.3) is 5.91 Å². The first-order valence-corrected chi connectivity index (χ1v) is 11.5. The Morgan fingerprint density at radius 2 is 1.94 bits per heavy atom. The predicted octanol–water partition coefficient (Wildman–Crippen LogP) is 7.23. The molecule has 0 saturated carbocycles. The zero-order valence-electron chi connectivity index (χ0n) is 15.8. The fourth-order valence-electron chi connectivity index (χ4n) is 2.98. The van der Waals surface area contributed by atoms with E-state index >= 15 is 0 Å². The maximum atomic E-state index is 13.9. The van der Waals surface area contributed by atoms with Gasteiger partial charge in [0.2, 0.25) is 0 Å². The number of ether oxygens (including phenoxy) is 1. The summed E-state index contributed by atoms with van der Waals surface area (Å²) in [4.78, 5) is 15.0. The zero-order valence-corrected chi connectivity index (χ0v) is 19.8. The molecule has 1 heterocycles. The third-order valence-electron chi connectivity index (χ3n) is 4.46. The molecule has 8 heteroatoms. The van der Waals surface area contributed by atoms with E-state index in [1.165, 1.54) is 22.7 Å². The lowest BCUT2D eigenvalue weighted by Gasteiger charge is -2.14. The van der Waals surface area contributed by atoms with Gasteiger partial charge in [-0.2, -0.15) is 0 Å². The molecule has 3 aromatic carbocycles. The van der Waals surface area contributed by atoms with Gasteiger partial charge in [0, 0.05) is 20.6 Å². The van der Waals surface area contributed by atoms with Crippen LogP contribution in [0.3, 0.4) is 0 Å². The number of carbonyl (C=O) groups is 1. The Morgan fingerprint density at radius 3 is 2.71 bits per heavy atom. The number of carbonyl (C=O) groups excluding carboxylic acids is 1. The van der Waals surface area contributed by atoms with Gasteiger partial charge < -0.3 is 4.74 Å². The molecule has 0 unspecified atom stereocenters. The van der Waals surface area contributed by atoms with Gasteiger partial charge in [-0.25, -0.2) is 4.39 Å². The second kappa shape index (κ2) is 9.53. The quantitative estimate of drug-likeness (QED) is 0.255. The van der Waals surface area contributed by atoms with E-state index in [4.69, 9.17) is 28.6 Å². The van der Waals surface area contributed by atoms with Gasteiger partial charge in [0.15, 0.2) is 4.32 Å². The highest BCUT2D eigenvalue weighted by Crippen LogP contribution is 2.38. The second-order valence-corrected chi connectivity index (χ2v) is 9.59. The Balaban J connectivity index is 1.62. The van der Waals surface area contributed by atoms with Gasteiger partial charge in [0.05, 0.1) is 10.6 Å².